The van der Waals surface area contributed by atoms with E-state index in [-0.39, 0.29) is 0 Å². The van der Waals surface area contributed by atoms with Gasteiger partial charge in [0.15, 0.2) is 0 Å². The largest absolute Gasteiger partial charge is 0.296 e. The SMILES string of the molecule is Cc1ccccc1-c1nc(C)c(C)n1-c1c(C(C)C)cccc1C(C)C. The molecule has 3 rings (SSSR count). The molecule has 0 saturated carbocycles. The van der Waals surface area contributed by atoms with Gasteiger partial charge in [0, 0.05) is 11.3 Å². The number of aromatic nitrogens is 2. The van der Waals surface area contributed by atoms with E-state index in [0.717, 1.165) is 11.5 Å². The standard InChI is InChI=1S/C24H30N2/c1-15(2)20-13-10-14-21(16(3)4)23(20)26-19(7)18(6)25-24(26)22-12-9-8-11-17(22)5/h8-16H,1-7H3. The number of imidazole rings is 1. The van der Waals surface area contributed by atoms with Gasteiger partial charge < -0.3 is 0 Å². The van der Waals surface area contributed by atoms with Gasteiger partial charge >= 0.3 is 0 Å². The van der Waals surface area contributed by atoms with Crippen LogP contribution in [0.2, 0.25) is 0 Å². The van der Waals surface area contributed by atoms with Crippen molar-refractivity contribution >= 4 is 0 Å². The van der Waals surface area contributed by atoms with Crippen LogP contribution in [0, 0.1) is 20.8 Å². The summed E-state index contributed by atoms with van der Waals surface area (Å²) in [5.74, 6) is 1.96. The van der Waals surface area contributed by atoms with E-state index in [1.54, 1.807) is 0 Å². The van der Waals surface area contributed by atoms with Gasteiger partial charge in [-0.25, -0.2) is 4.98 Å². The van der Waals surface area contributed by atoms with Gasteiger partial charge in [-0.2, -0.15) is 0 Å². The molecule has 0 bridgehead atoms. The lowest BCUT2D eigenvalue weighted by atomic mass is 9.92. The highest BCUT2D eigenvalue weighted by atomic mass is 15.1. The normalized spacial score (nSPS) is 11.6. The number of nitrogens with zero attached hydrogens (tertiary/aromatic N) is 2. The molecule has 0 spiro atoms. The zero-order valence-electron chi connectivity index (χ0n) is 17.1. The van der Waals surface area contributed by atoms with Gasteiger partial charge in [0.05, 0.1) is 11.4 Å². The molecule has 2 nitrogen and oxygen atoms in total. The summed E-state index contributed by atoms with van der Waals surface area (Å²) in [6.45, 7) is 15.6. The fourth-order valence-corrected chi connectivity index (χ4v) is 3.66. The van der Waals surface area contributed by atoms with Crippen molar-refractivity contribution in [3.63, 3.8) is 0 Å². The molecule has 0 aliphatic rings. The second-order valence-corrected chi connectivity index (χ2v) is 7.85. The zero-order valence-corrected chi connectivity index (χ0v) is 17.1. The van der Waals surface area contributed by atoms with E-state index in [0.29, 0.717) is 11.8 Å². The van der Waals surface area contributed by atoms with E-state index < -0.39 is 0 Å². The maximum atomic E-state index is 4.98. The summed E-state index contributed by atoms with van der Waals surface area (Å²) in [5, 5.41) is 0. The van der Waals surface area contributed by atoms with E-state index in [1.807, 2.05) is 0 Å². The van der Waals surface area contributed by atoms with Gasteiger partial charge in [-0.1, -0.05) is 70.2 Å². The Bertz CT molecular complexity index is 903. The Morgan fingerprint density at radius 2 is 1.35 bits per heavy atom. The first kappa shape index (κ1) is 18.4. The molecule has 1 heterocycles. The lowest BCUT2D eigenvalue weighted by Gasteiger charge is -2.23. The molecule has 0 amide bonds. The number of benzene rings is 2. The number of hydrogen-bond donors (Lipinski definition) is 0. The van der Waals surface area contributed by atoms with Crippen molar-refractivity contribution in [1.82, 2.24) is 9.55 Å². The molecule has 0 aliphatic heterocycles. The average Bonchev–Trinajstić information content (AvgIpc) is 2.89. The molecule has 1 aromatic heterocycles. The van der Waals surface area contributed by atoms with Crippen molar-refractivity contribution < 1.29 is 0 Å². The van der Waals surface area contributed by atoms with E-state index in [4.69, 9.17) is 4.98 Å². The summed E-state index contributed by atoms with van der Waals surface area (Å²) in [6, 6.07) is 15.3. The van der Waals surface area contributed by atoms with Crippen molar-refractivity contribution in [2.45, 2.75) is 60.3 Å². The summed E-state index contributed by atoms with van der Waals surface area (Å²) in [4.78, 5) is 4.98. The maximum absolute atomic E-state index is 4.98. The van der Waals surface area contributed by atoms with E-state index in [2.05, 4.69) is 95.5 Å². The molecule has 26 heavy (non-hydrogen) atoms. The highest BCUT2D eigenvalue weighted by molar-refractivity contribution is 5.66. The van der Waals surface area contributed by atoms with E-state index >= 15 is 0 Å². The summed E-state index contributed by atoms with van der Waals surface area (Å²) in [6.07, 6.45) is 0. The predicted octanol–water partition coefficient (Wildman–Crippen LogP) is 6.71. The third-order valence-electron chi connectivity index (χ3n) is 5.30. The summed E-state index contributed by atoms with van der Waals surface area (Å²) in [7, 11) is 0. The Morgan fingerprint density at radius 1 is 0.769 bits per heavy atom. The van der Waals surface area contributed by atoms with Crippen molar-refractivity contribution in [2.24, 2.45) is 0 Å². The van der Waals surface area contributed by atoms with Crippen molar-refractivity contribution in [3.8, 4) is 17.1 Å². The second kappa shape index (κ2) is 7.11. The molecule has 3 aromatic rings. The van der Waals surface area contributed by atoms with E-state index in [9.17, 15) is 0 Å². The lowest BCUT2D eigenvalue weighted by molar-refractivity contribution is 0.801. The molecule has 0 N–H and O–H groups in total. The first-order valence-electron chi connectivity index (χ1n) is 9.58. The number of rotatable bonds is 4. The monoisotopic (exact) mass is 346 g/mol. The Balaban J connectivity index is 2.41. The van der Waals surface area contributed by atoms with Crippen molar-refractivity contribution in [1.29, 1.82) is 0 Å². The van der Waals surface area contributed by atoms with Crippen LogP contribution in [0.1, 0.15) is 67.6 Å². The molecule has 136 valence electrons. The first-order chi connectivity index (χ1) is 12.3. The first-order valence-corrected chi connectivity index (χ1v) is 9.58. The molecular weight excluding hydrogens is 316 g/mol. The van der Waals surface area contributed by atoms with Crippen LogP contribution in [0.5, 0.6) is 0 Å². The van der Waals surface area contributed by atoms with Gasteiger partial charge in [-0.05, 0) is 49.3 Å². The quantitative estimate of drug-likeness (QED) is 0.513. The molecule has 0 radical (unpaired) electrons. The zero-order chi connectivity index (χ0) is 19.0. The molecule has 2 aromatic carbocycles. The van der Waals surface area contributed by atoms with Crippen molar-refractivity contribution in [3.05, 3.63) is 70.5 Å². The van der Waals surface area contributed by atoms with Crippen LogP contribution >= 0.6 is 0 Å². The van der Waals surface area contributed by atoms with Gasteiger partial charge in [-0.3, -0.25) is 4.57 Å². The third kappa shape index (κ3) is 3.09. The van der Waals surface area contributed by atoms with Gasteiger partial charge in [-0.15, -0.1) is 0 Å². The molecule has 2 heteroatoms. The molecular formula is C24H30N2. The summed E-state index contributed by atoms with van der Waals surface area (Å²) in [5.41, 5.74) is 8.85. The third-order valence-corrected chi connectivity index (χ3v) is 5.30. The lowest BCUT2D eigenvalue weighted by Crippen LogP contribution is -2.10. The number of hydrogen-bond acceptors (Lipinski definition) is 1. The minimum absolute atomic E-state index is 0.454. The number of aryl methyl sites for hydroxylation is 2. The Labute approximate surface area is 157 Å². The van der Waals surface area contributed by atoms with Crippen LogP contribution in [0.3, 0.4) is 0 Å². The van der Waals surface area contributed by atoms with Crippen LogP contribution < -0.4 is 0 Å². The second-order valence-electron chi connectivity index (χ2n) is 7.85. The predicted molar refractivity (Wildman–Crippen MR) is 111 cm³/mol. The van der Waals surface area contributed by atoms with Gasteiger partial charge in [0.2, 0.25) is 0 Å². The molecule has 0 atom stereocenters. The molecule has 0 unspecified atom stereocenters. The van der Waals surface area contributed by atoms with Crippen LogP contribution in [-0.4, -0.2) is 9.55 Å². The maximum Gasteiger partial charge on any atom is 0.145 e. The Hall–Kier alpha value is -2.35. The smallest absolute Gasteiger partial charge is 0.145 e. The molecule has 0 aliphatic carbocycles. The highest BCUT2D eigenvalue weighted by Gasteiger charge is 2.22. The Kier molecular flexibility index (Phi) is 5.04. The van der Waals surface area contributed by atoms with Crippen molar-refractivity contribution in [2.75, 3.05) is 0 Å². The topological polar surface area (TPSA) is 17.8 Å². The van der Waals surface area contributed by atoms with Gasteiger partial charge in [0.25, 0.3) is 0 Å². The minimum Gasteiger partial charge on any atom is -0.296 e. The minimum atomic E-state index is 0.454. The van der Waals surface area contributed by atoms with Crippen LogP contribution in [0.25, 0.3) is 17.1 Å². The summed E-state index contributed by atoms with van der Waals surface area (Å²) >= 11 is 0. The molecule has 0 fully saturated rings. The summed E-state index contributed by atoms with van der Waals surface area (Å²) < 4.78 is 2.39. The van der Waals surface area contributed by atoms with Crippen LogP contribution in [-0.2, 0) is 0 Å². The van der Waals surface area contributed by atoms with Gasteiger partial charge in [0.1, 0.15) is 5.82 Å². The Morgan fingerprint density at radius 3 is 1.88 bits per heavy atom. The highest BCUT2D eigenvalue weighted by Crippen LogP contribution is 2.36. The average molecular weight is 347 g/mol. The van der Waals surface area contributed by atoms with E-state index in [1.165, 1.54) is 33.6 Å². The number of para-hydroxylation sites is 1. The van der Waals surface area contributed by atoms with Crippen LogP contribution in [0.4, 0.5) is 0 Å². The fourth-order valence-electron chi connectivity index (χ4n) is 3.66. The molecule has 0 saturated heterocycles. The van der Waals surface area contributed by atoms with Crippen LogP contribution in [0.15, 0.2) is 42.5 Å². The fraction of sp³-hybridized carbons (Fsp3) is 0.375.